The molecule has 1 atom stereocenters. The largest absolute Gasteiger partial charge is 0.485 e. The highest BCUT2D eigenvalue weighted by Gasteiger charge is 2.27. The second kappa shape index (κ2) is 9.54. The summed E-state index contributed by atoms with van der Waals surface area (Å²) in [7, 11) is -2.01. The molecule has 7 nitrogen and oxygen atoms in total. The van der Waals surface area contributed by atoms with Crippen LogP contribution in [0, 0.1) is 0 Å². The van der Waals surface area contributed by atoms with Gasteiger partial charge in [-0.05, 0) is 49.4 Å². The zero-order chi connectivity index (χ0) is 23.4. The van der Waals surface area contributed by atoms with Gasteiger partial charge in [0.05, 0.1) is 23.7 Å². The van der Waals surface area contributed by atoms with Gasteiger partial charge in [-0.3, -0.25) is 9.52 Å². The first-order valence-electron chi connectivity index (χ1n) is 10.8. The summed E-state index contributed by atoms with van der Waals surface area (Å²) < 4.78 is 33.9. The average molecular weight is 466 g/mol. The van der Waals surface area contributed by atoms with Crippen molar-refractivity contribution in [3.05, 3.63) is 84.4 Å². The Morgan fingerprint density at radius 2 is 1.79 bits per heavy atom. The Kier molecular flexibility index (Phi) is 6.55. The molecule has 0 saturated heterocycles. The number of amides is 1. The van der Waals surface area contributed by atoms with E-state index in [1.165, 1.54) is 12.1 Å². The molecule has 3 aromatic carbocycles. The number of fused-ring (bicyclic) bond motifs is 1. The molecule has 1 amide bonds. The fourth-order valence-electron chi connectivity index (χ4n) is 3.91. The predicted octanol–water partition coefficient (Wildman–Crippen LogP) is 3.85. The third-order valence-corrected chi connectivity index (χ3v) is 6.94. The van der Waals surface area contributed by atoms with Gasteiger partial charge in [0.1, 0.15) is 11.9 Å². The van der Waals surface area contributed by atoms with E-state index in [0.29, 0.717) is 24.3 Å². The van der Waals surface area contributed by atoms with E-state index in [1.807, 2.05) is 24.3 Å². The average Bonchev–Trinajstić information content (AvgIpc) is 2.83. The van der Waals surface area contributed by atoms with E-state index in [2.05, 4.69) is 16.5 Å². The molecule has 33 heavy (non-hydrogen) atoms. The molecule has 0 radical (unpaired) electrons. The molecule has 0 saturated carbocycles. The maximum absolute atomic E-state index is 13.1. The zero-order valence-corrected chi connectivity index (χ0v) is 19.5. The third-order valence-electron chi connectivity index (χ3n) is 5.54. The number of likely N-dealkylation sites (N-methyl/N-ethyl adjacent to an activating group) is 2. The molecular weight excluding hydrogens is 438 g/mol. The highest BCUT2D eigenvalue weighted by atomic mass is 32.2. The number of nitrogens with one attached hydrogen (secondary N) is 1. The van der Waals surface area contributed by atoms with E-state index < -0.39 is 10.0 Å². The number of sulfonamides is 1. The lowest BCUT2D eigenvalue weighted by atomic mass is 10.1. The molecule has 0 fully saturated rings. The van der Waals surface area contributed by atoms with Crippen LogP contribution in [0.15, 0.2) is 83.8 Å². The maximum Gasteiger partial charge on any atom is 0.261 e. The van der Waals surface area contributed by atoms with Crippen LogP contribution in [0.1, 0.15) is 17.3 Å². The first kappa shape index (κ1) is 22.7. The Bertz CT molecular complexity index is 1230. The van der Waals surface area contributed by atoms with Gasteiger partial charge >= 0.3 is 0 Å². The number of nitrogens with zero attached hydrogens (tertiary/aromatic N) is 2. The number of rotatable bonds is 7. The lowest BCUT2D eigenvalue weighted by Crippen LogP contribution is -2.46. The molecule has 1 N–H and O–H groups in total. The van der Waals surface area contributed by atoms with E-state index in [1.54, 1.807) is 54.4 Å². The SMILES string of the molecule is CCN1CC(CN(C)C(=O)c2cccc(NS(=O)(=O)c3ccccc3)c2)Oc2ccccc21. The number of anilines is 2. The van der Waals surface area contributed by atoms with Gasteiger partial charge in [-0.15, -0.1) is 0 Å². The quantitative estimate of drug-likeness (QED) is 0.574. The molecule has 1 aliphatic heterocycles. The van der Waals surface area contributed by atoms with Crippen molar-refractivity contribution >= 4 is 27.3 Å². The van der Waals surface area contributed by atoms with Crippen molar-refractivity contribution in [3.8, 4) is 5.75 Å². The Morgan fingerprint density at radius 1 is 1.06 bits per heavy atom. The fraction of sp³-hybridized carbons (Fsp3) is 0.240. The van der Waals surface area contributed by atoms with Crippen molar-refractivity contribution in [2.75, 3.05) is 36.3 Å². The maximum atomic E-state index is 13.1. The molecule has 0 spiro atoms. The summed E-state index contributed by atoms with van der Waals surface area (Å²) >= 11 is 0. The zero-order valence-electron chi connectivity index (χ0n) is 18.6. The summed E-state index contributed by atoms with van der Waals surface area (Å²) in [6, 6.07) is 22.5. The van der Waals surface area contributed by atoms with E-state index in [4.69, 9.17) is 4.74 Å². The van der Waals surface area contributed by atoms with Gasteiger partial charge in [-0.25, -0.2) is 8.42 Å². The first-order valence-corrected chi connectivity index (χ1v) is 12.3. The summed E-state index contributed by atoms with van der Waals surface area (Å²) in [5.41, 5.74) is 1.79. The number of hydrogen-bond donors (Lipinski definition) is 1. The van der Waals surface area contributed by atoms with E-state index in [9.17, 15) is 13.2 Å². The Hall–Kier alpha value is -3.52. The van der Waals surface area contributed by atoms with Crippen LogP contribution in [0.5, 0.6) is 5.75 Å². The predicted molar refractivity (Wildman–Crippen MR) is 129 cm³/mol. The van der Waals surface area contributed by atoms with E-state index in [0.717, 1.165) is 18.0 Å². The molecule has 1 heterocycles. The molecule has 8 heteroatoms. The van der Waals surface area contributed by atoms with Crippen LogP contribution in [0.3, 0.4) is 0 Å². The minimum Gasteiger partial charge on any atom is -0.485 e. The number of benzene rings is 3. The molecule has 3 aromatic rings. The normalized spacial score (nSPS) is 15.3. The number of carbonyl (C=O) groups excluding carboxylic acids is 1. The van der Waals surface area contributed by atoms with Crippen molar-refractivity contribution < 1.29 is 17.9 Å². The fourth-order valence-corrected chi connectivity index (χ4v) is 4.98. The van der Waals surface area contributed by atoms with Gasteiger partial charge in [-0.1, -0.05) is 36.4 Å². The lowest BCUT2D eigenvalue weighted by Gasteiger charge is -2.37. The monoisotopic (exact) mass is 465 g/mol. The van der Waals surface area contributed by atoms with Gasteiger partial charge < -0.3 is 14.5 Å². The molecule has 1 aliphatic rings. The Balaban J connectivity index is 1.45. The highest BCUT2D eigenvalue weighted by molar-refractivity contribution is 7.92. The summed E-state index contributed by atoms with van der Waals surface area (Å²) in [5.74, 6) is 0.607. The molecule has 172 valence electrons. The van der Waals surface area contributed by atoms with Crippen molar-refractivity contribution in [2.24, 2.45) is 0 Å². The van der Waals surface area contributed by atoms with Crippen LogP contribution < -0.4 is 14.4 Å². The summed E-state index contributed by atoms with van der Waals surface area (Å²) in [6.45, 7) is 4.03. The minimum absolute atomic E-state index is 0.161. The lowest BCUT2D eigenvalue weighted by molar-refractivity contribution is 0.0709. The number of carbonyl (C=O) groups is 1. The van der Waals surface area contributed by atoms with Crippen LogP contribution in [0.4, 0.5) is 11.4 Å². The van der Waals surface area contributed by atoms with Crippen LogP contribution in [-0.2, 0) is 10.0 Å². The van der Waals surface area contributed by atoms with Crippen molar-refractivity contribution in [1.82, 2.24) is 4.90 Å². The first-order chi connectivity index (χ1) is 15.9. The standard InChI is InChI=1S/C25H27N3O4S/c1-3-28-18-21(32-24-15-8-7-14-23(24)28)17-27(2)25(29)19-10-9-11-20(16-19)26-33(30,31)22-12-5-4-6-13-22/h4-16,21,26H,3,17-18H2,1-2H3. The second-order valence-electron chi connectivity index (χ2n) is 7.93. The third kappa shape index (κ3) is 5.12. The van der Waals surface area contributed by atoms with Crippen molar-refractivity contribution in [1.29, 1.82) is 0 Å². The molecule has 1 unspecified atom stereocenters. The number of ether oxygens (including phenoxy) is 1. The molecule has 0 aromatic heterocycles. The Labute approximate surface area is 194 Å². The molecular formula is C25H27N3O4S. The molecule has 0 bridgehead atoms. The second-order valence-corrected chi connectivity index (χ2v) is 9.61. The van der Waals surface area contributed by atoms with Crippen LogP contribution in [0.2, 0.25) is 0 Å². The van der Waals surface area contributed by atoms with Gasteiger partial charge in [0.2, 0.25) is 0 Å². The van der Waals surface area contributed by atoms with Gasteiger partial charge in [0.15, 0.2) is 0 Å². The van der Waals surface area contributed by atoms with E-state index in [-0.39, 0.29) is 16.9 Å². The summed E-state index contributed by atoms with van der Waals surface area (Å²) in [4.78, 5) is 17.1. The van der Waals surface area contributed by atoms with Gasteiger partial charge in [0, 0.05) is 24.8 Å². The van der Waals surface area contributed by atoms with Crippen LogP contribution in [0.25, 0.3) is 0 Å². The van der Waals surface area contributed by atoms with Gasteiger partial charge in [0.25, 0.3) is 15.9 Å². The van der Waals surface area contributed by atoms with Gasteiger partial charge in [-0.2, -0.15) is 0 Å². The van der Waals surface area contributed by atoms with Crippen molar-refractivity contribution in [3.63, 3.8) is 0 Å². The molecule has 4 rings (SSSR count). The van der Waals surface area contributed by atoms with E-state index >= 15 is 0 Å². The topological polar surface area (TPSA) is 79.0 Å². The number of para-hydroxylation sites is 2. The van der Waals surface area contributed by atoms with Crippen LogP contribution >= 0.6 is 0 Å². The summed E-state index contributed by atoms with van der Waals surface area (Å²) in [5, 5.41) is 0. The van der Waals surface area contributed by atoms with Crippen LogP contribution in [-0.4, -0.2) is 52.0 Å². The smallest absolute Gasteiger partial charge is 0.261 e. The summed E-state index contributed by atoms with van der Waals surface area (Å²) in [6.07, 6.45) is -0.173. The highest BCUT2D eigenvalue weighted by Crippen LogP contribution is 2.33. The number of hydrogen-bond acceptors (Lipinski definition) is 5. The minimum atomic E-state index is -3.74. The molecule has 0 aliphatic carbocycles. The van der Waals surface area contributed by atoms with Crippen molar-refractivity contribution in [2.45, 2.75) is 17.9 Å². The Morgan fingerprint density at radius 3 is 2.55 bits per heavy atom.